The normalized spacial score (nSPS) is 20.2. The molecule has 3 aromatic rings. The Morgan fingerprint density at radius 1 is 1.05 bits per heavy atom. The average Bonchev–Trinajstić information content (AvgIpc) is 3.34. The largest absolute Gasteiger partial charge is 0.508 e. The Bertz CT molecular complexity index is 1370. The van der Waals surface area contributed by atoms with E-state index in [1.54, 1.807) is 30.3 Å². The molecule has 1 fully saturated rings. The maximum atomic E-state index is 10.1. The highest BCUT2D eigenvalue weighted by atomic mass is 16.5. The van der Waals surface area contributed by atoms with Crippen LogP contribution in [0.25, 0.3) is 11.1 Å². The van der Waals surface area contributed by atoms with Crippen LogP contribution < -0.4 is 9.47 Å². The number of benzene rings is 3. The number of aromatic hydroxyl groups is 2. The Morgan fingerprint density at radius 2 is 1.78 bits per heavy atom. The van der Waals surface area contributed by atoms with Crippen LogP contribution in [0.1, 0.15) is 55.5 Å². The summed E-state index contributed by atoms with van der Waals surface area (Å²) in [5.74, 6) is 5.24. The van der Waals surface area contributed by atoms with Crippen molar-refractivity contribution in [3.63, 3.8) is 0 Å². The van der Waals surface area contributed by atoms with E-state index >= 15 is 0 Å². The first-order valence-corrected chi connectivity index (χ1v) is 12.8. The van der Waals surface area contributed by atoms with Crippen molar-refractivity contribution in [2.45, 2.75) is 39.3 Å². The van der Waals surface area contributed by atoms with E-state index in [0.717, 1.165) is 52.6 Å². The molecule has 0 aromatic heterocycles. The Morgan fingerprint density at radius 3 is 2.49 bits per heavy atom. The van der Waals surface area contributed by atoms with Gasteiger partial charge in [-0.3, -0.25) is 4.90 Å². The number of hydrogen-bond donors (Lipinski definition) is 2. The highest BCUT2D eigenvalue weighted by molar-refractivity contribution is 5.97. The van der Waals surface area contributed by atoms with Gasteiger partial charge in [-0.2, -0.15) is 0 Å². The van der Waals surface area contributed by atoms with Crippen LogP contribution in [-0.4, -0.2) is 40.9 Å². The zero-order valence-corrected chi connectivity index (χ0v) is 21.6. The summed E-state index contributed by atoms with van der Waals surface area (Å²) in [6, 6.07) is 18.5. The van der Waals surface area contributed by atoms with Gasteiger partial charge in [-0.1, -0.05) is 25.0 Å². The highest BCUT2D eigenvalue weighted by Gasteiger charge is 2.31. The van der Waals surface area contributed by atoms with Crippen molar-refractivity contribution in [2.75, 3.05) is 19.7 Å². The lowest BCUT2D eigenvalue weighted by atomic mass is 9.84. The van der Waals surface area contributed by atoms with Crippen molar-refractivity contribution in [3.05, 3.63) is 82.9 Å². The maximum Gasteiger partial charge on any atom is 0.150 e. The van der Waals surface area contributed by atoms with Crippen molar-refractivity contribution in [2.24, 2.45) is 5.92 Å². The Kier molecular flexibility index (Phi) is 6.86. The standard InChI is InChI=1S/C32H33NO4/c1-5-23-16-25(34)8-12-28(23)31-22(4)29-17-26(35)9-13-30(29)37-32(31)24-6-10-27(11-7-24)36-19-21(3)33-15-14-20(2)18-33/h1,6-13,16-17,20-21,32,34-35H,14-15,18-19H2,2-4H3/t20-,21+,32?/m1/s1. The van der Waals surface area contributed by atoms with Crippen molar-refractivity contribution in [3.8, 4) is 35.3 Å². The first kappa shape index (κ1) is 24.8. The van der Waals surface area contributed by atoms with Gasteiger partial charge in [0.15, 0.2) is 0 Å². The number of rotatable bonds is 6. The van der Waals surface area contributed by atoms with Gasteiger partial charge in [-0.05, 0) is 98.0 Å². The third-order valence-corrected chi connectivity index (χ3v) is 7.48. The molecule has 5 rings (SSSR count). The van der Waals surface area contributed by atoms with E-state index in [-0.39, 0.29) is 11.5 Å². The van der Waals surface area contributed by atoms with Crippen LogP contribution in [0.5, 0.6) is 23.0 Å². The smallest absolute Gasteiger partial charge is 0.150 e. The number of terminal acetylenes is 1. The number of phenols is 2. The van der Waals surface area contributed by atoms with Gasteiger partial charge in [0.2, 0.25) is 0 Å². The first-order chi connectivity index (χ1) is 17.8. The van der Waals surface area contributed by atoms with Crippen LogP contribution in [0.3, 0.4) is 0 Å². The van der Waals surface area contributed by atoms with Crippen molar-refractivity contribution >= 4 is 11.1 Å². The molecule has 2 aliphatic heterocycles. The molecule has 2 heterocycles. The number of ether oxygens (including phenoxy) is 2. The molecule has 0 spiro atoms. The minimum atomic E-state index is -0.423. The second kappa shape index (κ2) is 10.2. The molecule has 2 aliphatic rings. The molecule has 0 aliphatic carbocycles. The summed E-state index contributed by atoms with van der Waals surface area (Å²) in [5.41, 5.74) is 5.02. The maximum absolute atomic E-state index is 10.1. The van der Waals surface area contributed by atoms with E-state index in [0.29, 0.717) is 24.0 Å². The zero-order valence-electron chi connectivity index (χ0n) is 21.6. The minimum absolute atomic E-state index is 0.111. The third-order valence-electron chi connectivity index (χ3n) is 7.48. The SMILES string of the molecule is C#Cc1cc(O)ccc1C1=C(C)c2cc(O)ccc2OC1c1ccc(OC[C@H](C)N2CC[C@@H](C)C2)cc1. The Balaban J connectivity index is 1.45. The molecular formula is C32H33NO4. The summed E-state index contributed by atoms with van der Waals surface area (Å²) in [6.45, 7) is 9.44. The highest BCUT2D eigenvalue weighted by Crippen LogP contribution is 2.48. The first-order valence-electron chi connectivity index (χ1n) is 12.8. The topological polar surface area (TPSA) is 62.2 Å². The minimum Gasteiger partial charge on any atom is -0.508 e. The fourth-order valence-electron chi connectivity index (χ4n) is 5.34. The van der Waals surface area contributed by atoms with Crippen molar-refractivity contribution in [1.82, 2.24) is 4.90 Å². The van der Waals surface area contributed by atoms with E-state index in [1.807, 2.05) is 37.3 Å². The van der Waals surface area contributed by atoms with Crippen molar-refractivity contribution < 1.29 is 19.7 Å². The van der Waals surface area contributed by atoms with E-state index < -0.39 is 6.10 Å². The van der Waals surface area contributed by atoms with E-state index in [2.05, 4.69) is 24.7 Å². The van der Waals surface area contributed by atoms with Crippen LogP contribution >= 0.6 is 0 Å². The zero-order chi connectivity index (χ0) is 26.1. The summed E-state index contributed by atoms with van der Waals surface area (Å²) < 4.78 is 12.6. The van der Waals surface area contributed by atoms with Gasteiger partial charge in [0.1, 0.15) is 35.7 Å². The Labute approximate surface area is 219 Å². The molecule has 0 radical (unpaired) electrons. The average molecular weight is 496 g/mol. The van der Waals surface area contributed by atoms with Crippen LogP contribution in [-0.2, 0) is 0 Å². The summed E-state index contributed by atoms with van der Waals surface area (Å²) >= 11 is 0. The fourth-order valence-corrected chi connectivity index (χ4v) is 5.34. The van der Waals surface area contributed by atoms with E-state index in [4.69, 9.17) is 15.9 Å². The van der Waals surface area contributed by atoms with Crippen LogP contribution in [0.2, 0.25) is 0 Å². The molecule has 190 valence electrons. The molecule has 37 heavy (non-hydrogen) atoms. The summed E-state index contributed by atoms with van der Waals surface area (Å²) in [4.78, 5) is 2.49. The predicted octanol–water partition coefficient (Wildman–Crippen LogP) is 6.25. The number of nitrogens with zero attached hydrogens (tertiary/aromatic N) is 1. The number of allylic oxidation sites excluding steroid dienone is 1. The third kappa shape index (κ3) is 5.03. The molecule has 0 amide bonds. The lowest BCUT2D eigenvalue weighted by Gasteiger charge is -2.31. The van der Waals surface area contributed by atoms with Gasteiger partial charge in [0.25, 0.3) is 0 Å². The van der Waals surface area contributed by atoms with Crippen molar-refractivity contribution in [1.29, 1.82) is 0 Å². The lowest BCUT2D eigenvalue weighted by Crippen LogP contribution is -2.35. The summed E-state index contributed by atoms with van der Waals surface area (Å²) in [7, 11) is 0. The summed E-state index contributed by atoms with van der Waals surface area (Å²) in [5, 5.41) is 20.1. The second-order valence-electron chi connectivity index (χ2n) is 10.2. The lowest BCUT2D eigenvalue weighted by molar-refractivity contribution is 0.169. The number of fused-ring (bicyclic) bond motifs is 1. The molecule has 1 saturated heterocycles. The monoisotopic (exact) mass is 495 g/mol. The van der Waals surface area contributed by atoms with Gasteiger partial charge in [0, 0.05) is 29.3 Å². The quantitative estimate of drug-likeness (QED) is 0.396. The molecular weight excluding hydrogens is 462 g/mol. The Hall–Kier alpha value is -3.88. The molecule has 0 bridgehead atoms. The van der Waals surface area contributed by atoms with E-state index in [9.17, 15) is 10.2 Å². The molecule has 5 nitrogen and oxygen atoms in total. The van der Waals surface area contributed by atoms with Crippen LogP contribution in [0.4, 0.5) is 0 Å². The second-order valence-corrected chi connectivity index (χ2v) is 10.2. The van der Waals surface area contributed by atoms with Gasteiger partial charge in [-0.25, -0.2) is 0 Å². The summed E-state index contributed by atoms with van der Waals surface area (Å²) in [6.07, 6.45) is 6.65. The van der Waals surface area contributed by atoms with Gasteiger partial charge in [-0.15, -0.1) is 6.42 Å². The molecule has 3 atom stereocenters. The fraction of sp³-hybridized carbons (Fsp3) is 0.312. The molecule has 3 aromatic carbocycles. The number of phenolic OH excluding ortho intramolecular Hbond substituents is 2. The van der Waals surface area contributed by atoms with Gasteiger partial charge >= 0.3 is 0 Å². The molecule has 5 heteroatoms. The number of hydrogen-bond acceptors (Lipinski definition) is 5. The molecule has 0 saturated carbocycles. The van der Waals surface area contributed by atoms with Crippen LogP contribution in [0.15, 0.2) is 60.7 Å². The van der Waals surface area contributed by atoms with Crippen LogP contribution in [0, 0.1) is 18.3 Å². The van der Waals surface area contributed by atoms with E-state index in [1.165, 1.54) is 6.42 Å². The predicted molar refractivity (Wildman–Crippen MR) is 147 cm³/mol. The van der Waals surface area contributed by atoms with Gasteiger partial charge < -0.3 is 19.7 Å². The molecule has 2 N–H and O–H groups in total. The number of likely N-dealkylation sites (tertiary alicyclic amines) is 1. The molecule has 1 unspecified atom stereocenters. The van der Waals surface area contributed by atoms with Gasteiger partial charge in [0.05, 0.1) is 0 Å².